The maximum Gasteiger partial charge on any atom is 0.0880 e. The van der Waals surface area contributed by atoms with E-state index in [0.717, 1.165) is 5.71 Å². The number of aliphatic imine (C=N–C) groups is 1. The van der Waals surface area contributed by atoms with Gasteiger partial charge in [0.1, 0.15) is 0 Å². The van der Waals surface area contributed by atoms with Crippen molar-refractivity contribution in [1.82, 2.24) is 0 Å². The van der Waals surface area contributed by atoms with Crippen LogP contribution in [-0.4, -0.2) is 12.3 Å². The summed E-state index contributed by atoms with van der Waals surface area (Å²) in [6.07, 6.45) is 0. The van der Waals surface area contributed by atoms with E-state index in [4.69, 9.17) is 5.73 Å². The summed E-state index contributed by atoms with van der Waals surface area (Å²) < 4.78 is 0. The highest BCUT2D eigenvalue weighted by Gasteiger charge is 2.19. The van der Waals surface area contributed by atoms with Crippen LogP contribution in [0.2, 0.25) is 0 Å². The first-order valence-electron chi connectivity index (χ1n) is 4.16. The van der Waals surface area contributed by atoms with Gasteiger partial charge in [0.2, 0.25) is 0 Å². The van der Waals surface area contributed by atoms with Gasteiger partial charge in [-0.1, -0.05) is 24.3 Å². The molecule has 0 bridgehead atoms. The molecule has 0 saturated heterocycles. The van der Waals surface area contributed by atoms with E-state index in [1.165, 1.54) is 11.1 Å². The minimum Gasteiger partial charge on any atom is -0.328 e. The molecule has 2 rings (SSSR count). The van der Waals surface area contributed by atoms with Crippen LogP contribution in [0.1, 0.15) is 24.1 Å². The van der Waals surface area contributed by atoms with Crippen molar-refractivity contribution in [3.63, 3.8) is 0 Å². The quantitative estimate of drug-likeness (QED) is 0.664. The molecular weight excluding hydrogens is 148 g/mol. The lowest BCUT2D eigenvalue weighted by molar-refractivity contribution is 0.755. The number of hydrogen-bond donors (Lipinski definition) is 1. The molecule has 1 heterocycles. The minimum atomic E-state index is 0.196. The van der Waals surface area contributed by atoms with Crippen molar-refractivity contribution in [3.05, 3.63) is 35.4 Å². The van der Waals surface area contributed by atoms with Gasteiger partial charge in [-0.15, -0.1) is 0 Å². The second kappa shape index (κ2) is 2.72. The van der Waals surface area contributed by atoms with Gasteiger partial charge in [0.05, 0.1) is 6.04 Å². The average Bonchev–Trinajstić information content (AvgIpc) is 2.44. The van der Waals surface area contributed by atoms with Crippen LogP contribution in [0.25, 0.3) is 0 Å². The van der Waals surface area contributed by atoms with Crippen LogP contribution < -0.4 is 5.73 Å². The number of benzene rings is 1. The molecule has 12 heavy (non-hydrogen) atoms. The maximum atomic E-state index is 5.60. The topological polar surface area (TPSA) is 38.4 Å². The van der Waals surface area contributed by atoms with E-state index in [-0.39, 0.29) is 6.04 Å². The lowest BCUT2D eigenvalue weighted by Gasteiger charge is -2.04. The molecule has 1 aliphatic heterocycles. The van der Waals surface area contributed by atoms with Crippen molar-refractivity contribution in [2.24, 2.45) is 10.7 Å². The molecule has 1 aromatic rings. The predicted molar refractivity (Wildman–Crippen MR) is 50.4 cm³/mol. The van der Waals surface area contributed by atoms with E-state index < -0.39 is 0 Å². The van der Waals surface area contributed by atoms with E-state index in [0.29, 0.717) is 6.54 Å². The van der Waals surface area contributed by atoms with E-state index in [9.17, 15) is 0 Å². The fourth-order valence-corrected chi connectivity index (χ4v) is 1.67. The molecule has 1 aliphatic rings. The van der Waals surface area contributed by atoms with Gasteiger partial charge in [0, 0.05) is 17.8 Å². The fraction of sp³-hybridized carbons (Fsp3) is 0.300. The molecule has 0 radical (unpaired) electrons. The van der Waals surface area contributed by atoms with Crippen LogP contribution in [0, 0.1) is 0 Å². The van der Waals surface area contributed by atoms with Crippen molar-refractivity contribution in [2.75, 3.05) is 6.54 Å². The Hall–Kier alpha value is -1.15. The molecule has 62 valence electrons. The van der Waals surface area contributed by atoms with Crippen LogP contribution in [0.4, 0.5) is 0 Å². The van der Waals surface area contributed by atoms with Gasteiger partial charge < -0.3 is 5.73 Å². The van der Waals surface area contributed by atoms with Crippen LogP contribution in [0.3, 0.4) is 0 Å². The highest BCUT2D eigenvalue weighted by molar-refractivity contribution is 6.02. The summed E-state index contributed by atoms with van der Waals surface area (Å²) in [4.78, 5) is 4.47. The molecule has 2 nitrogen and oxygen atoms in total. The third-order valence-corrected chi connectivity index (χ3v) is 2.28. The first-order valence-corrected chi connectivity index (χ1v) is 4.16. The van der Waals surface area contributed by atoms with Crippen LogP contribution in [0.5, 0.6) is 0 Å². The van der Waals surface area contributed by atoms with Crippen LogP contribution in [-0.2, 0) is 0 Å². The van der Waals surface area contributed by atoms with Gasteiger partial charge in [-0.2, -0.15) is 0 Å². The summed E-state index contributed by atoms with van der Waals surface area (Å²) >= 11 is 0. The lowest BCUT2D eigenvalue weighted by Crippen LogP contribution is -2.08. The van der Waals surface area contributed by atoms with Gasteiger partial charge in [0.15, 0.2) is 0 Å². The molecule has 0 amide bonds. The Kier molecular flexibility index (Phi) is 1.70. The summed E-state index contributed by atoms with van der Waals surface area (Å²) in [5.41, 5.74) is 9.25. The first kappa shape index (κ1) is 7.50. The second-order valence-corrected chi connectivity index (χ2v) is 3.05. The Labute approximate surface area is 72.1 Å². The molecule has 0 spiro atoms. The van der Waals surface area contributed by atoms with Gasteiger partial charge in [-0.05, 0) is 12.5 Å². The smallest absolute Gasteiger partial charge is 0.0880 e. The third kappa shape index (κ3) is 0.959. The summed E-state index contributed by atoms with van der Waals surface area (Å²) in [6.45, 7) is 2.64. The van der Waals surface area contributed by atoms with Crippen molar-refractivity contribution in [1.29, 1.82) is 0 Å². The molecule has 1 atom stereocenters. The van der Waals surface area contributed by atoms with Gasteiger partial charge in [-0.25, -0.2) is 0 Å². The summed E-state index contributed by atoms with van der Waals surface area (Å²) in [6, 6.07) is 8.48. The SMILES string of the molecule is CC1=NC(CN)c2ccccc21. The average molecular weight is 160 g/mol. The van der Waals surface area contributed by atoms with Crippen molar-refractivity contribution >= 4 is 5.71 Å². The highest BCUT2D eigenvalue weighted by atomic mass is 14.9. The second-order valence-electron chi connectivity index (χ2n) is 3.05. The van der Waals surface area contributed by atoms with E-state index >= 15 is 0 Å². The summed E-state index contributed by atoms with van der Waals surface area (Å²) in [5, 5.41) is 0. The monoisotopic (exact) mass is 160 g/mol. The molecule has 0 aromatic heterocycles. The lowest BCUT2D eigenvalue weighted by atomic mass is 10.0. The van der Waals surface area contributed by atoms with Crippen molar-refractivity contribution in [3.8, 4) is 0 Å². The molecule has 0 saturated carbocycles. The Morgan fingerprint density at radius 1 is 1.42 bits per heavy atom. The summed E-state index contributed by atoms with van der Waals surface area (Å²) in [5.74, 6) is 0. The number of rotatable bonds is 1. The van der Waals surface area contributed by atoms with Crippen molar-refractivity contribution in [2.45, 2.75) is 13.0 Å². The van der Waals surface area contributed by atoms with Gasteiger partial charge in [-0.3, -0.25) is 4.99 Å². The first-order chi connectivity index (χ1) is 5.83. The van der Waals surface area contributed by atoms with E-state index in [2.05, 4.69) is 17.1 Å². The van der Waals surface area contributed by atoms with Gasteiger partial charge in [0.25, 0.3) is 0 Å². The zero-order chi connectivity index (χ0) is 8.55. The molecule has 1 aromatic carbocycles. The predicted octanol–water partition coefficient (Wildman–Crippen LogP) is 1.51. The maximum absolute atomic E-state index is 5.60. The van der Waals surface area contributed by atoms with E-state index in [1.807, 2.05) is 19.1 Å². The fourth-order valence-electron chi connectivity index (χ4n) is 1.67. The Morgan fingerprint density at radius 2 is 2.17 bits per heavy atom. The molecule has 0 aliphatic carbocycles. The Balaban J connectivity index is 2.52. The van der Waals surface area contributed by atoms with Crippen LogP contribution >= 0.6 is 0 Å². The number of hydrogen-bond acceptors (Lipinski definition) is 2. The minimum absolute atomic E-state index is 0.196. The Bertz CT molecular complexity index is 328. The largest absolute Gasteiger partial charge is 0.328 e. The molecule has 2 heteroatoms. The van der Waals surface area contributed by atoms with Crippen molar-refractivity contribution < 1.29 is 0 Å². The number of fused-ring (bicyclic) bond motifs is 1. The molecule has 1 unspecified atom stereocenters. The number of nitrogens with zero attached hydrogens (tertiary/aromatic N) is 1. The molecular formula is C10H12N2. The highest BCUT2D eigenvalue weighted by Crippen LogP contribution is 2.27. The Morgan fingerprint density at radius 3 is 2.92 bits per heavy atom. The van der Waals surface area contributed by atoms with E-state index in [1.54, 1.807) is 0 Å². The molecule has 2 N–H and O–H groups in total. The molecule has 0 fully saturated rings. The standard InChI is InChI=1S/C10H12N2/c1-7-8-4-2-3-5-9(8)10(6-11)12-7/h2-5,10H,6,11H2,1H3. The zero-order valence-electron chi connectivity index (χ0n) is 7.12. The van der Waals surface area contributed by atoms with Crippen LogP contribution in [0.15, 0.2) is 29.3 Å². The zero-order valence-corrected chi connectivity index (χ0v) is 7.12. The number of nitrogens with two attached hydrogens (primary N) is 1. The third-order valence-electron chi connectivity index (χ3n) is 2.28. The normalized spacial score (nSPS) is 20.5. The van der Waals surface area contributed by atoms with Gasteiger partial charge >= 0.3 is 0 Å². The summed E-state index contributed by atoms with van der Waals surface area (Å²) in [7, 11) is 0.